The smallest absolute Gasteiger partial charge is 0.207 e. The van der Waals surface area contributed by atoms with Gasteiger partial charge in [0.1, 0.15) is 0 Å². The highest BCUT2D eigenvalue weighted by Crippen LogP contribution is 2.32. The number of hydrogen-bond donors (Lipinski definition) is 0. The Labute approximate surface area is 138 Å². The molecule has 0 aromatic heterocycles. The van der Waals surface area contributed by atoms with E-state index in [-0.39, 0.29) is 6.04 Å². The van der Waals surface area contributed by atoms with Crippen molar-refractivity contribution in [2.75, 3.05) is 7.05 Å². The standard InChI is InChI=1S/C14H19Br2NO2S/c1-10-3-6-12(7-4-10)17(2)20(18,19)14-9-11(15)5-8-13(14)16/h5,8-10,12H,3-4,6-7H2,1-2H3. The quantitative estimate of drug-likeness (QED) is 0.720. The molecule has 0 spiro atoms. The molecule has 0 atom stereocenters. The van der Waals surface area contributed by atoms with Crippen LogP contribution in [0.5, 0.6) is 0 Å². The molecule has 2 rings (SSSR count). The van der Waals surface area contributed by atoms with Gasteiger partial charge in [0.15, 0.2) is 0 Å². The van der Waals surface area contributed by atoms with E-state index >= 15 is 0 Å². The molecule has 0 radical (unpaired) electrons. The maximum absolute atomic E-state index is 12.8. The van der Waals surface area contributed by atoms with Gasteiger partial charge in [0.25, 0.3) is 0 Å². The lowest BCUT2D eigenvalue weighted by Crippen LogP contribution is -2.39. The topological polar surface area (TPSA) is 37.4 Å². The van der Waals surface area contributed by atoms with Crippen molar-refractivity contribution in [3.05, 3.63) is 27.1 Å². The SMILES string of the molecule is CC1CCC(N(C)S(=O)(=O)c2cc(Br)ccc2Br)CC1. The minimum atomic E-state index is -3.45. The molecule has 1 fully saturated rings. The zero-order chi connectivity index (χ0) is 14.9. The van der Waals surface area contributed by atoms with Crippen LogP contribution >= 0.6 is 31.9 Å². The summed E-state index contributed by atoms with van der Waals surface area (Å²) in [7, 11) is -1.76. The van der Waals surface area contributed by atoms with E-state index in [0.29, 0.717) is 15.3 Å². The summed E-state index contributed by atoms with van der Waals surface area (Å²) >= 11 is 6.68. The summed E-state index contributed by atoms with van der Waals surface area (Å²) in [6.45, 7) is 2.23. The molecule has 112 valence electrons. The van der Waals surface area contributed by atoms with Crippen LogP contribution in [0.25, 0.3) is 0 Å². The molecule has 0 aliphatic heterocycles. The lowest BCUT2D eigenvalue weighted by Gasteiger charge is -2.33. The molecule has 0 saturated heterocycles. The van der Waals surface area contributed by atoms with Gasteiger partial charge in [0, 0.05) is 22.0 Å². The summed E-state index contributed by atoms with van der Waals surface area (Å²) in [6.07, 6.45) is 4.10. The zero-order valence-electron chi connectivity index (χ0n) is 11.6. The van der Waals surface area contributed by atoms with E-state index < -0.39 is 10.0 Å². The highest BCUT2D eigenvalue weighted by molar-refractivity contribution is 9.11. The highest BCUT2D eigenvalue weighted by atomic mass is 79.9. The van der Waals surface area contributed by atoms with Gasteiger partial charge in [0.05, 0.1) is 4.90 Å². The van der Waals surface area contributed by atoms with Crippen LogP contribution in [0.4, 0.5) is 0 Å². The fraction of sp³-hybridized carbons (Fsp3) is 0.571. The van der Waals surface area contributed by atoms with Crippen LogP contribution in [-0.2, 0) is 10.0 Å². The second-order valence-electron chi connectivity index (χ2n) is 5.51. The third-order valence-corrected chi connectivity index (χ3v) is 7.45. The van der Waals surface area contributed by atoms with E-state index in [4.69, 9.17) is 0 Å². The van der Waals surface area contributed by atoms with E-state index in [2.05, 4.69) is 38.8 Å². The summed E-state index contributed by atoms with van der Waals surface area (Å²) in [5.41, 5.74) is 0. The predicted octanol–water partition coefficient (Wildman–Crippen LogP) is 4.41. The second-order valence-corrected chi connectivity index (χ2v) is 9.25. The highest BCUT2D eigenvalue weighted by Gasteiger charge is 2.31. The fourth-order valence-electron chi connectivity index (χ4n) is 2.63. The van der Waals surface area contributed by atoms with E-state index in [1.807, 2.05) is 6.07 Å². The Hall–Kier alpha value is 0.0900. The van der Waals surface area contributed by atoms with Crippen molar-refractivity contribution >= 4 is 41.9 Å². The Morgan fingerprint density at radius 2 is 1.75 bits per heavy atom. The zero-order valence-corrected chi connectivity index (χ0v) is 15.6. The summed E-state index contributed by atoms with van der Waals surface area (Å²) in [5, 5.41) is 0. The van der Waals surface area contributed by atoms with E-state index in [1.165, 1.54) is 0 Å². The van der Waals surface area contributed by atoms with Crippen molar-refractivity contribution in [3.8, 4) is 0 Å². The lowest BCUT2D eigenvalue weighted by atomic mass is 9.87. The normalized spacial score (nSPS) is 24.1. The van der Waals surface area contributed by atoms with E-state index in [0.717, 1.165) is 30.2 Å². The molecule has 0 N–H and O–H groups in total. The van der Waals surface area contributed by atoms with Gasteiger partial charge in [-0.3, -0.25) is 0 Å². The Morgan fingerprint density at radius 3 is 2.35 bits per heavy atom. The average molecular weight is 425 g/mol. The van der Waals surface area contributed by atoms with Gasteiger partial charge in [-0.05, 0) is 65.7 Å². The third-order valence-electron chi connectivity index (χ3n) is 4.05. The first kappa shape index (κ1) is 16.5. The summed E-state index contributed by atoms with van der Waals surface area (Å²) in [4.78, 5) is 0.327. The molecule has 1 aliphatic rings. The largest absolute Gasteiger partial charge is 0.244 e. The Morgan fingerprint density at radius 1 is 1.15 bits per heavy atom. The molecular weight excluding hydrogens is 406 g/mol. The molecule has 1 aromatic carbocycles. The Balaban J connectivity index is 2.27. The molecule has 0 unspecified atom stereocenters. The van der Waals surface area contributed by atoms with Crippen molar-refractivity contribution in [2.45, 2.75) is 43.5 Å². The maximum Gasteiger partial charge on any atom is 0.244 e. The van der Waals surface area contributed by atoms with Crippen molar-refractivity contribution in [2.24, 2.45) is 5.92 Å². The molecule has 0 bridgehead atoms. The summed E-state index contributed by atoms with van der Waals surface area (Å²) in [5.74, 6) is 0.708. The van der Waals surface area contributed by atoms with Crippen LogP contribution in [0.2, 0.25) is 0 Å². The van der Waals surface area contributed by atoms with E-state index in [1.54, 1.807) is 23.5 Å². The first-order valence-corrected chi connectivity index (χ1v) is 9.78. The Kier molecular flexibility index (Phi) is 5.32. The lowest BCUT2D eigenvalue weighted by molar-refractivity contribution is 0.246. The van der Waals surface area contributed by atoms with Crippen molar-refractivity contribution in [3.63, 3.8) is 0 Å². The molecule has 1 aromatic rings. The molecule has 20 heavy (non-hydrogen) atoms. The average Bonchev–Trinajstić information content (AvgIpc) is 2.41. The molecule has 1 saturated carbocycles. The van der Waals surface area contributed by atoms with E-state index in [9.17, 15) is 8.42 Å². The second kappa shape index (κ2) is 6.46. The van der Waals surface area contributed by atoms with Gasteiger partial charge in [0.2, 0.25) is 10.0 Å². The molecule has 1 aliphatic carbocycles. The van der Waals surface area contributed by atoms with Crippen LogP contribution in [0.15, 0.2) is 32.0 Å². The van der Waals surface area contributed by atoms with Crippen LogP contribution in [0.3, 0.4) is 0 Å². The summed E-state index contributed by atoms with van der Waals surface area (Å²) < 4.78 is 28.4. The first-order valence-electron chi connectivity index (χ1n) is 6.75. The molecule has 6 heteroatoms. The van der Waals surface area contributed by atoms with Gasteiger partial charge in [-0.1, -0.05) is 22.9 Å². The Bertz CT molecular complexity index is 581. The van der Waals surface area contributed by atoms with Gasteiger partial charge in [-0.2, -0.15) is 4.31 Å². The van der Waals surface area contributed by atoms with Crippen LogP contribution < -0.4 is 0 Å². The minimum absolute atomic E-state index is 0.113. The van der Waals surface area contributed by atoms with Crippen LogP contribution in [0, 0.1) is 5.92 Å². The number of halogens is 2. The number of hydrogen-bond acceptors (Lipinski definition) is 2. The predicted molar refractivity (Wildman–Crippen MR) is 88.2 cm³/mol. The monoisotopic (exact) mass is 423 g/mol. The summed E-state index contributed by atoms with van der Waals surface area (Å²) in [6, 6.07) is 5.35. The van der Waals surface area contributed by atoms with Gasteiger partial charge >= 0.3 is 0 Å². The van der Waals surface area contributed by atoms with Gasteiger partial charge in [-0.25, -0.2) is 8.42 Å². The fourth-order valence-corrected chi connectivity index (χ4v) is 5.51. The van der Waals surface area contributed by atoms with Crippen molar-refractivity contribution in [1.82, 2.24) is 4.31 Å². The van der Waals surface area contributed by atoms with Crippen LogP contribution in [0.1, 0.15) is 32.6 Å². The molecule has 3 nitrogen and oxygen atoms in total. The number of sulfonamides is 1. The van der Waals surface area contributed by atoms with Crippen LogP contribution in [-0.4, -0.2) is 25.8 Å². The van der Waals surface area contributed by atoms with Crippen molar-refractivity contribution in [1.29, 1.82) is 0 Å². The number of rotatable bonds is 3. The molecule has 0 heterocycles. The minimum Gasteiger partial charge on any atom is -0.207 e. The third kappa shape index (κ3) is 3.46. The molecular formula is C14H19Br2NO2S. The number of nitrogens with zero attached hydrogens (tertiary/aromatic N) is 1. The van der Waals surface area contributed by atoms with Crippen molar-refractivity contribution < 1.29 is 8.42 Å². The number of benzene rings is 1. The first-order chi connectivity index (χ1) is 9.32. The molecule has 0 amide bonds. The maximum atomic E-state index is 12.8. The van der Waals surface area contributed by atoms with Gasteiger partial charge < -0.3 is 0 Å². The van der Waals surface area contributed by atoms with Gasteiger partial charge in [-0.15, -0.1) is 0 Å².